The molecule has 0 radical (unpaired) electrons. The van der Waals surface area contributed by atoms with E-state index in [1.807, 2.05) is 42.5 Å². The molecule has 2 N–H and O–H groups in total. The minimum Gasteiger partial charge on any atom is -0.379 e. The number of para-hydroxylation sites is 1. The SMILES string of the molecule is O=C(Nc1ccccc1C(=O)NCCN1CCOCC1)c1ccc(-c2ccccc2)cc1. The Balaban J connectivity index is 1.37. The van der Waals surface area contributed by atoms with Crippen LogP contribution in [0.1, 0.15) is 20.7 Å². The molecule has 6 heteroatoms. The maximum atomic E-state index is 12.8. The van der Waals surface area contributed by atoms with Gasteiger partial charge in [-0.05, 0) is 35.4 Å². The van der Waals surface area contributed by atoms with E-state index in [2.05, 4.69) is 15.5 Å². The second kappa shape index (κ2) is 10.7. The van der Waals surface area contributed by atoms with E-state index < -0.39 is 0 Å². The van der Waals surface area contributed by atoms with Crippen molar-refractivity contribution in [2.24, 2.45) is 0 Å². The number of morpholine rings is 1. The van der Waals surface area contributed by atoms with Crippen molar-refractivity contribution < 1.29 is 14.3 Å². The fraction of sp³-hybridized carbons (Fsp3) is 0.231. The molecular weight excluding hydrogens is 402 g/mol. The summed E-state index contributed by atoms with van der Waals surface area (Å²) in [5.41, 5.74) is 3.62. The molecular formula is C26H27N3O3. The Bertz CT molecular complexity index is 1050. The maximum absolute atomic E-state index is 12.8. The van der Waals surface area contributed by atoms with Crippen LogP contribution in [0.3, 0.4) is 0 Å². The summed E-state index contributed by atoms with van der Waals surface area (Å²) in [6.07, 6.45) is 0. The largest absolute Gasteiger partial charge is 0.379 e. The molecule has 32 heavy (non-hydrogen) atoms. The van der Waals surface area contributed by atoms with E-state index in [9.17, 15) is 9.59 Å². The third-order valence-corrected chi connectivity index (χ3v) is 5.49. The summed E-state index contributed by atoms with van der Waals surface area (Å²) in [5, 5.41) is 5.83. The second-order valence-corrected chi connectivity index (χ2v) is 7.65. The van der Waals surface area contributed by atoms with Gasteiger partial charge in [-0.15, -0.1) is 0 Å². The molecule has 4 rings (SSSR count). The monoisotopic (exact) mass is 429 g/mol. The Labute approximate surface area is 188 Å². The lowest BCUT2D eigenvalue weighted by Crippen LogP contribution is -2.41. The van der Waals surface area contributed by atoms with Crippen LogP contribution in [-0.2, 0) is 4.74 Å². The number of nitrogens with zero attached hydrogens (tertiary/aromatic N) is 1. The van der Waals surface area contributed by atoms with E-state index in [0.29, 0.717) is 23.4 Å². The van der Waals surface area contributed by atoms with Crippen molar-refractivity contribution >= 4 is 17.5 Å². The van der Waals surface area contributed by atoms with Gasteiger partial charge >= 0.3 is 0 Å². The van der Waals surface area contributed by atoms with Crippen LogP contribution in [0.15, 0.2) is 78.9 Å². The van der Waals surface area contributed by atoms with Crippen LogP contribution in [0.4, 0.5) is 5.69 Å². The van der Waals surface area contributed by atoms with Gasteiger partial charge in [0.25, 0.3) is 11.8 Å². The molecule has 0 aliphatic carbocycles. The third-order valence-electron chi connectivity index (χ3n) is 5.49. The number of rotatable bonds is 7. The molecule has 2 amide bonds. The van der Waals surface area contributed by atoms with Crippen LogP contribution in [0.25, 0.3) is 11.1 Å². The number of anilines is 1. The highest BCUT2D eigenvalue weighted by Gasteiger charge is 2.15. The van der Waals surface area contributed by atoms with Gasteiger partial charge in [-0.3, -0.25) is 14.5 Å². The van der Waals surface area contributed by atoms with Gasteiger partial charge in [-0.1, -0.05) is 54.6 Å². The number of benzene rings is 3. The quantitative estimate of drug-likeness (QED) is 0.601. The molecule has 1 saturated heterocycles. The smallest absolute Gasteiger partial charge is 0.255 e. The van der Waals surface area contributed by atoms with Crippen LogP contribution < -0.4 is 10.6 Å². The van der Waals surface area contributed by atoms with Gasteiger partial charge < -0.3 is 15.4 Å². The van der Waals surface area contributed by atoms with Crippen molar-refractivity contribution in [2.75, 3.05) is 44.7 Å². The van der Waals surface area contributed by atoms with Crippen molar-refractivity contribution in [3.05, 3.63) is 90.0 Å². The molecule has 0 atom stereocenters. The molecule has 1 fully saturated rings. The Kier molecular flexibility index (Phi) is 7.27. The number of hydrogen-bond donors (Lipinski definition) is 2. The summed E-state index contributed by atoms with van der Waals surface area (Å²) < 4.78 is 5.35. The van der Waals surface area contributed by atoms with Crippen LogP contribution in [0.2, 0.25) is 0 Å². The van der Waals surface area contributed by atoms with Crippen LogP contribution in [-0.4, -0.2) is 56.1 Å². The van der Waals surface area contributed by atoms with Gasteiger partial charge in [0.1, 0.15) is 0 Å². The summed E-state index contributed by atoms with van der Waals surface area (Å²) in [5.74, 6) is -0.452. The second-order valence-electron chi connectivity index (χ2n) is 7.65. The van der Waals surface area contributed by atoms with Crippen LogP contribution in [0, 0.1) is 0 Å². The minimum absolute atomic E-state index is 0.200. The molecule has 1 aliphatic heterocycles. The third kappa shape index (κ3) is 5.60. The molecule has 0 saturated carbocycles. The number of nitrogens with one attached hydrogen (secondary N) is 2. The van der Waals surface area contributed by atoms with E-state index in [1.54, 1.807) is 36.4 Å². The lowest BCUT2D eigenvalue weighted by molar-refractivity contribution is 0.0383. The number of amides is 2. The molecule has 0 aromatic heterocycles. The lowest BCUT2D eigenvalue weighted by Gasteiger charge is -2.26. The normalized spacial score (nSPS) is 14.0. The maximum Gasteiger partial charge on any atom is 0.255 e. The fourth-order valence-corrected chi connectivity index (χ4v) is 3.68. The van der Waals surface area contributed by atoms with Crippen LogP contribution >= 0.6 is 0 Å². The molecule has 3 aromatic carbocycles. The van der Waals surface area contributed by atoms with Crippen molar-refractivity contribution in [2.45, 2.75) is 0 Å². The number of carbonyl (C=O) groups is 2. The summed E-state index contributed by atoms with van der Waals surface area (Å²) in [7, 11) is 0. The van der Waals surface area contributed by atoms with Gasteiger partial charge in [0, 0.05) is 31.7 Å². The van der Waals surface area contributed by atoms with Gasteiger partial charge in [-0.2, -0.15) is 0 Å². The van der Waals surface area contributed by atoms with Crippen molar-refractivity contribution in [1.29, 1.82) is 0 Å². The highest BCUT2D eigenvalue weighted by molar-refractivity contribution is 6.09. The van der Waals surface area contributed by atoms with Gasteiger partial charge in [0.15, 0.2) is 0 Å². The molecule has 0 bridgehead atoms. The Morgan fingerprint density at radius 3 is 2.19 bits per heavy atom. The number of hydrogen-bond acceptors (Lipinski definition) is 4. The summed E-state index contributed by atoms with van der Waals surface area (Å²) in [6, 6.07) is 24.5. The fourth-order valence-electron chi connectivity index (χ4n) is 3.68. The zero-order chi connectivity index (χ0) is 22.2. The molecule has 164 valence electrons. The first kappa shape index (κ1) is 21.7. The minimum atomic E-state index is -0.252. The average Bonchev–Trinajstić information content (AvgIpc) is 2.85. The first-order valence-corrected chi connectivity index (χ1v) is 10.8. The van der Waals surface area contributed by atoms with E-state index >= 15 is 0 Å². The predicted octanol–water partition coefficient (Wildman–Crippen LogP) is 3.67. The highest BCUT2D eigenvalue weighted by Crippen LogP contribution is 2.21. The summed E-state index contributed by atoms with van der Waals surface area (Å²) in [4.78, 5) is 27.8. The summed E-state index contributed by atoms with van der Waals surface area (Å²) in [6.45, 7) is 4.54. The zero-order valence-electron chi connectivity index (χ0n) is 17.9. The summed E-state index contributed by atoms with van der Waals surface area (Å²) >= 11 is 0. The Morgan fingerprint density at radius 2 is 1.44 bits per heavy atom. The molecule has 0 spiro atoms. The first-order chi connectivity index (χ1) is 15.7. The van der Waals surface area contributed by atoms with E-state index in [0.717, 1.165) is 44.0 Å². The van der Waals surface area contributed by atoms with Crippen molar-refractivity contribution in [3.8, 4) is 11.1 Å². The molecule has 1 aliphatic rings. The van der Waals surface area contributed by atoms with Crippen LogP contribution in [0.5, 0.6) is 0 Å². The Morgan fingerprint density at radius 1 is 0.781 bits per heavy atom. The van der Waals surface area contributed by atoms with Gasteiger partial charge in [-0.25, -0.2) is 0 Å². The molecule has 6 nitrogen and oxygen atoms in total. The van der Waals surface area contributed by atoms with Gasteiger partial charge in [0.2, 0.25) is 0 Å². The number of carbonyl (C=O) groups excluding carboxylic acids is 2. The average molecular weight is 430 g/mol. The highest BCUT2D eigenvalue weighted by atomic mass is 16.5. The van der Waals surface area contributed by atoms with Crippen molar-refractivity contribution in [1.82, 2.24) is 10.2 Å². The number of ether oxygens (including phenoxy) is 1. The van der Waals surface area contributed by atoms with E-state index in [1.165, 1.54) is 0 Å². The van der Waals surface area contributed by atoms with E-state index in [-0.39, 0.29) is 11.8 Å². The molecule has 1 heterocycles. The standard InChI is InChI=1S/C26H27N3O3/c30-25(22-12-10-21(11-13-22)20-6-2-1-3-7-20)28-24-9-5-4-8-23(24)26(31)27-14-15-29-16-18-32-19-17-29/h1-13H,14-19H2,(H,27,31)(H,28,30). The van der Waals surface area contributed by atoms with Crippen molar-refractivity contribution in [3.63, 3.8) is 0 Å². The first-order valence-electron chi connectivity index (χ1n) is 10.8. The lowest BCUT2D eigenvalue weighted by atomic mass is 10.0. The topological polar surface area (TPSA) is 70.7 Å². The molecule has 3 aromatic rings. The molecule has 0 unspecified atom stereocenters. The predicted molar refractivity (Wildman–Crippen MR) is 126 cm³/mol. The Hall–Kier alpha value is -3.48. The van der Waals surface area contributed by atoms with E-state index in [4.69, 9.17) is 4.74 Å². The van der Waals surface area contributed by atoms with Gasteiger partial charge in [0.05, 0.1) is 24.5 Å². The zero-order valence-corrected chi connectivity index (χ0v) is 17.9.